The van der Waals surface area contributed by atoms with Gasteiger partial charge in [-0.25, -0.2) is 0 Å². The number of carbonyl (C=O) groups is 1. The number of guanidine groups is 1. The van der Waals surface area contributed by atoms with E-state index in [2.05, 4.69) is 27.2 Å². The molecule has 0 radical (unpaired) electrons. The minimum atomic E-state index is 0.0365. The number of amides is 1. The van der Waals surface area contributed by atoms with Gasteiger partial charge in [0.2, 0.25) is 5.91 Å². The van der Waals surface area contributed by atoms with Gasteiger partial charge in [0.25, 0.3) is 0 Å². The Hall–Kier alpha value is -0.910. The minimum absolute atomic E-state index is 0.0365. The first kappa shape index (κ1) is 17.1. The van der Waals surface area contributed by atoms with Crippen molar-refractivity contribution in [2.75, 3.05) is 26.4 Å². The van der Waals surface area contributed by atoms with E-state index in [1.54, 1.807) is 7.05 Å². The molecule has 0 aliphatic heterocycles. The fourth-order valence-electron chi connectivity index (χ4n) is 2.24. The molecule has 1 aliphatic rings. The fraction of sp³-hybridized carbons (Fsp3) is 0.857. The average Bonchev–Trinajstić information content (AvgIpc) is 2.89. The highest BCUT2D eigenvalue weighted by Gasteiger charge is 2.24. The van der Waals surface area contributed by atoms with E-state index >= 15 is 0 Å². The van der Waals surface area contributed by atoms with E-state index < -0.39 is 0 Å². The number of hydrogen-bond donors (Lipinski definition) is 3. The maximum atomic E-state index is 11.4. The molecule has 6 heteroatoms. The summed E-state index contributed by atoms with van der Waals surface area (Å²) in [6.45, 7) is 5.10. The number of nitrogens with one attached hydrogen (secondary N) is 3. The summed E-state index contributed by atoms with van der Waals surface area (Å²) in [6.07, 6.45) is 5.86. The molecule has 1 saturated carbocycles. The Kier molecular flexibility index (Phi) is 7.80. The van der Waals surface area contributed by atoms with Crippen LogP contribution in [0.5, 0.6) is 0 Å². The lowest BCUT2D eigenvalue weighted by molar-refractivity contribution is -0.123. The van der Waals surface area contributed by atoms with Crippen LogP contribution in [0, 0.1) is 5.92 Å². The Morgan fingerprint density at radius 3 is 2.55 bits per heavy atom. The molecule has 0 heterocycles. The molecule has 1 amide bonds. The first-order valence-electron chi connectivity index (χ1n) is 7.34. The molecule has 2 unspecified atom stereocenters. The summed E-state index contributed by atoms with van der Waals surface area (Å²) < 4.78 is 0. The van der Waals surface area contributed by atoms with Crippen molar-refractivity contribution in [2.24, 2.45) is 10.9 Å². The SMILES string of the molecule is CN=C(NCCNC(=O)C(C)C)NC1CCC(SC)C1. The van der Waals surface area contributed by atoms with Crippen LogP contribution in [0.25, 0.3) is 0 Å². The molecule has 1 fully saturated rings. The summed E-state index contributed by atoms with van der Waals surface area (Å²) in [7, 11) is 1.78. The van der Waals surface area contributed by atoms with Crippen molar-refractivity contribution >= 4 is 23.6 Å². The topological polar surface area (TPSA) is 65.5 Å². The summed E-state index contributed by atoms with van der Waals surface area (Å²) in [5.41, 5.74) is 0. The van der Waals surface area contributed by atoms with Crippen molar-refractivity contribution < 1.29 is 4.79 Å². The minimum Gasteiger partial charge on any atom is -0.355 e. The quantitative estimate of drug-likeness (QED) is 0.392. The summed E-state index contributed by atoms with van der Waals surface area (Å²) >= 11 is 1.95. The predicted molar refractivity (Wildman–Crippen MR) is 87.3 cm³/mol. The van der Waals surface area contributed by atoms with Gasteiger partial charge in [-0.1, -0.05) is 13.8 Å². The van der Waals surface area contributed by atoms with Crippen molar-refractivity contribution in [2.45, 2.75) is 44.4 Å². The molecule has 0 spiro atoms. The Morgan fingerprint density at radius 1 is 1.30 bits per heavy atom. The zero-order valence-corrected chi connectivity index (χ0v) is 13.8. The Balaban J connectivity index is 2.19. The third kappa shape index (κ3) is 6.03. The summed E-state index contributed by atoms with van der Waals surface area (Å²) in [4.78, 5) is 15.6. The molecule has 0 aromatic heterocycles. The zero-order valence-electron chi connectivity index (χ0n) is 13.0. The third-order valence-electron chi connectivity index (χ3n) is 3.52. The molecule has 0 aromatic carbocycles. The van der Waals surface area contributed by atoms with Gasteiger partial charge in [-0.15, -0.1) is 0 Å². The maximum Gasteiger partial charge on any atom is 0.222 e. The van der Waals surface area contributed by atoms with Crippen LogP contribution in [0.1, 0.15) is 33.1 Å². The van der Waals surface area contributed by atoms with Gasteiger partial charge in [0, 0.05) is 37.3 Å². The second-order valence-electron chi connectivity index (χ2n) is 5.46. The van der Waals surface area contributed by atoms with Gasteiger partial charge in [-0.3, -0.25) is 9.79 Å². The van der Waals surface area contributed by atoms with E-state index in [9.17, 15) is 4.79 Å². The highest BCUT2D eigenvalue weighted by atomic mass is 32.2. The van der Waals surface area contributed by atoms with Crippen LogP contribution in [0.15, 0.2) is 4.99 Å². The van der Waals surface area contributed by atoms with E-state index in [4.69, 9.17) is 0 Å². The number of nitrogens with zero attached hydrogens (tertiary/aromatic N) is 1. The summed E-state index contributed by atoms with van der Waals surface area (Å²) in [6, 6.07) is 0.518. The first-order valence-corrected chi connectivity index (χ1v) is 8.63. The van der Waals surface area contributed by atoms with E-state index in [0.717, 1.165) is 11.2 Å². The summed E-state index contributed by atoms with van der Waals surface area (Å²) in [5, 5.41) is 10.4. The highest BCUT2D eigenvalue weighted by Crippen LogP contribution is 2.27. The van der Waals surface area contributed by atoms with Crippen molar-refractivity contribution in [1.29, 1.82) is 0 Å². The molecule has 0 saturated heterocycles. The molecule has 3 N–H and O–H groups in total. The Morgan fingerprint density at radius 2 is 2.00 bits per heavy atom. The number of rotatable bonds is 6. The smallest absolute Gasteiger partial charge is 0.222 e. The molecular formula is C14H28N4OS. The summed E-state index contributed by atoms with van der Waals surface area (Å²) in [5.74, 6) is 0.957. The van der Waals surface area contributed by atoms with Gasteiger partial charge in [-0.2, -0.15) is 11.8 Å². The molecule has 116 valence electrons. The fourth-order valence-corrected chi connectivity index (χ4v) is 3.04. The zero-order chi connectivity index (χ0) is 15.0. The van der Waals surface area contributed by atoms with E-state index in [1.165, 1.54) is 19.3 Å². The van der Waals surface area contributed by atoms with E-state index in [0.29, 0.717) is 19.1 Å². The van der Waals surface area contributed by atoms with Crippen molar-refractivity contribution in [1.82, 2.24) is 16.0 Å². The monoisotopic (exact) mass is 300 g/mol. The van der Waals surface area contributed by atoms with Crippen molar-refractivity contribution in [3.05, 3.63) is 0 Å². The van der Waals surface area contributed by atoms with Crippen LogP contribution >= 0.6 is 11.8 Å². The second kappa shape index (κ2) is 9.10. The molecule has 1 rings (SSSR count). The number of aliphatic imine (C=N–C) groups is 1. The third-order valence-corrected chi connectivity index (χ3v) is 4.62. The van der Waals surface area contributed by atoms with Crippen LogP contribution in [0.3, 0.4) is 0 Å². The second-order valence-corrected chi connectivity index (χ2v) is 6.59. The van der Waals surface area contributed by atoms with Crippen LogP contribution in [-0.2, 0) is 4.79 Å². The van der Waals surface area contributed by atoms with Gasteiger partial charge >= 0.3 is 0 Å². The van der Waals surface area contributed by atoms with Gasteiger partial charge in [0.15, 0.2) is 5.96 Å². The van der Waals surface area contributed by atoms with Crippen LogP contribution in [0.2, 0.25) is 0 Å². The van der Waals surface area contributed by atoms with Crippen LogP contribution in [-0.4, -0.2) is 49.6 Å². The highest BCUT2D eigenvalue weighted by molar-refractivity contribution is 7.99. The average molecular weight is 300 g/mol. The molecule has 5 nitrogen and oxygen atoms in total. The number of thioether (sulfide) groups is 1. The van der Waals surface area contributed by atoms with Crippen LogP contribution < -0.4 is 16.0 Å². The molecular weight excluding hydrogens is 272 g/mol. The molecule has 0 aromatic rings. The molecule has 1 aliphatic carbocycles. The normalized spacial score (nSPS) is 22.9. The lowest BCUT2D eigenvalue weighted by atomic mass is 10.2. The largest absolute Gasteiger partial charge is 0.355 e. The van der Waals surface area contributed by atoms with Crippen molar-refractivity contribution in [3.63, 3.8) is 0 Å². The van der Waals surface area contributed by atoms with Gasteiger partial charge in [0.05, 0.1) is 0 Å². The molecule has 0 bridgehead atoms. The predicted octanol–water partition coefficient (Wildman–Crippen LogP) is 1.21. The maximum absolute atomic E-state index is 11.4. The van der Waals surface area contributed by atoms with E-state index in [-0.39, 0.29) is 11.8 Å². The lowest BCUT2D eigenvalue weighted by Gasteiger charge is -2.17. The van der Waals surface area contributed by atoms with Crippen molar-refractivity contribution in [3.8, 4) is 0 Å². The number of carbonyl (C=O) groups excluding carboxylic acids is 1. The van der Waals surface area contributed by atoms with E-state index in [1.807, 2.05) is 25.6 Å². The molecule has 20 heavy (non-hydrogen) atoms. The standard InChI is InChI=1S/C14H28N4OS/c1-10(2)13(19)16-7-8-17-14(15-3)18-11-5-6-12(9-11)20-4/h10-12H,5-9H2,1-4H3,(H,16,19)(H2,15,17,18). The number of hydrogen-bond acceptors (Lipinski definition) is 3. The Bertz CT molecular complexity index is 333. The lowest BCUT2D eigenvalue weighted by Crippen LogP contribution is -2.45. The van der Waals surface area contributed by atoms with Gasteiger partial charge in [0.1, 0.15) is 0 Å². The molecule has 2 atom stereocenters. The first-order chi connectivity index (χ1) is 9.56. The van der Waals surface area contributed by atoms with Gasteiger partial charge < -0.3 is 16.0 Å². The van der Waals surface area contributed by atoms with Crippen LogP contribution in [0.4, 0.5) is 0 Å². The Labute approximate surface area is 126 Å². The van der Waals surface area contributed by atoms with Gasteiger partial charge in [-0.05, 0) is 25.5 Å².